The number of hydrogen-bond donors (Lipinski definition) is 2. The minimum atomic E-state index is -3.72. The fourth-order valence-electron chi connectivity index (χ4n) is 3.95. The van der Waals surface area contributed by atoms with Crippen LogP contribution in [0.3, 0.4) is 0 Å². The van der Waals surface area contributed by atoms with Crippen molar-refractivity contribution < 1.29 is 22.4 Å². The molecule has 0 bridgehead atoms. The number of nitrogens with one attached hydrogen (secondary N) is 2. The van der Waals surface area contributed by atoms with E-state index in [1.807, 2.05) is 6.07 Å². The summed E-state index contributed by atoms with van der Waals surface area (Å²) >= 11 is 0. The molecule has 0 spiro atoms. The van der Waals surface area contributed by atoms with E-state index in [-0.39, 0.29) is 48.8 Å². The summed E-state index contributed by atoms with van der Waals surface area (Å²) in [6, 6.07) is 13.7. The third kappa shape index (κ3) is 6.31. The highest BCUT2D eigenvalue weighted by Crippen LogP contribution is 2.24. The average Bonchev–Trinajstić information content (AvgIpc) is 3.36. The van der Waals surface area contributed by atoms with Gasteiger partial charge >= 0.3 is 0 Å². The van der Waals surface area contributed by atoms with Crippen LogP contribution in [0.4, 0.5) is 10.1 Å². The number of hydrogen-bond acceptors (Lipinski definition) is 5. The minimum Gasteiger partial charge on any atom is -0.352 e. The van der Waals surface area contributed by atoms with Crippen molar-refractivity contribution in [2.75, 3.05) is 18.4 Å². The second kappa shape index (κ2) is 10.8. The van der Waals surface area contributed by atoms with Crippen LogP contribution in [0.5, 0.6) is 0 Å². The zero-order valence-electron chi connectivity index (χ0n) is 18.9. The van der Waals surface area contributed by atoms with Gasteiger partial charge in [0, 0.05) is 43.6 Å². The molecule has 1 aliphatic rings. The zero-order chi connectivity index (χ0) is 24.8. The van der Waals surface area contributed by atoms with Crippen molar-refractivity contribution in [3.63, 3.8) is 0 Å². The highest BCUT2D eigenvalue weighted by molar-refractivity contribution is 7.89. The highest BCUT2D eigenvalue weighted by atomic mass is 32.2. The van der Waals surface area contributed by atoms with Gasteiger partial charge in [0.2, 0.25) is 21.8 Å². The third-order valence-corrected chi connectivity index (χ3v) is 7.73. The van der Waals surface area contributed by atoms with Crippen LogP contribution in [0, 0.1) is 11.7 Å². The summed E-state index contributed by atoms with van der Waals surface area (Å²) in [4.78, 5) is 24.9. The van der Waals surface area contributed by atoms with Crippen LogP contribution < -0.4 is 10.6 Å². The van der Waals surface area contributed by atoms with E-state index in [4.69, 9.17) is 0 Å². The van der Waals surface area contributed by atoms with Crippen molar-refractivity contribution in [3.8, 4) is 0 Å². The Hall–Kier alpha value is -3.57. The lowest BCUT2D eigenvalue weighted by Gasteiger charge is -2.30. The highest BCUT2D eigenvalue weighted by Gasteiger charge is 2.32. The Bertz CT molecular complexity index is 1270. The summed E-state index contributed by atoms with van der Waals surface area (Å²) in [6.45, 7) is 0.824. The topological polar surface area (TPSA) is 113 Å². The van der Waals surface area contributed by atoms with Gasteiger partial charge in [-0.1, -0.05) is 12.1 Å². The molecule has 0 atom stereocenters. The molecule has 11 heteroatoms. The molecule has 9 nitrogen and oxygen atoms in total. The maximum absolute atomic E-state index is 13.1. The van der Waals surface area contributed by atoms with E-state index in [9.17, 15) is 22.4 Å². The molecule has 184 valence electrons. The first-order valence-corrected chi connectivity index (χ1v) is 12.6. The number of sulfonamides is 1. The van der Waals surface area contributed by atoms with Crippen LogP contribution in [0.25, 0.3) is 0 Å². The molecule has 4 rings (SSSR count). The molecule has 0 radical (unpaired) electrons. The monoisotopic (exact) mass is 499 g/mol. The number of aromatic nitrogens is 2. The Morgan fingerprint density at radius 2 is 1.80 bits per heavy atom. The molecule has 0 aliphatic carbocycles. The fraction of sp³-hybridized carbons (Fsp3) is 0.292. The number of benzene rings is 2. The summed E-state index contributed by atoms with van der Waals surface area (Å²) in [5.41, 5.74) is 1.44. The molecule has 0 unspecified atom stereocenters. The quantitative estimate of drug-likeness (QED) is 0.494. The predicted molar refractivity (Wildman–Crippen MR) is 127 cm³/mol. The molecular formula is C24H26FN5O4S. The zero-order valence-corrected chi connectivity index (χ0v) is 19.7. The second-order valence-electron chi connectivity index (χ2n) is 8.30. The van der Waals surface area contributed by atoms with Gasteiger partial charge in [-0.05, 0) is 60.9 Å². The number of halogens is 1. The number of carbonyl (C=O) groups is 2. The molecule has 2 aromatic carbocycles. The van der Waals surface area contributed by atoms with Crippen LogP contribution in [-0.2, 0) is 32.7 Å². The van der Waals surface area contributed by atoms with Crippen molar-refractivity contribution in [2.24, 2.45) is 5.92 Å². The van der Waals surface area contributed by atoms with Crippen LogP contribution in [0.2, 0.25) is 0 Å². The Morgan fingerprint density at radius 1 is 1.06 bits per heavy atom. The predicted octanol–water partition coefficient (Wildman–Crippen LogP) is 2.38. The fourth-order valence-corrected chi connectivity index (χ4v) is 5.42. The van der Waals surface area contributed by atoms with Gasteiger partial charge in [-0.2, -0.15) is 9.40 Å². The largest absolute Gasteiger partial charge is 0.352 e. The van der Waals surface area contributed by atoms with Gasteiger partial charge in [-0.25, -0.2) is 12.8 Å². The first kappa shape index (κ1) is 24.6. The van der Waals surface area contributed by atoms with E-state index >= 15 is 0 Å². The van der Waals surface area contributed by atoms with Crippen molar-refractivity contribution in [1.29, 1.82) is 0 Å². The second-order valence-corrected chi connectivity index (χ2v) is 10.2. The normalized spacial score (nSPS) is 15.0. The molecule has 2 amide bonds. The number of anilines is 1. The lowest BCUT2D eigenvalue weighted by atomic mass is 9.97. The van der Waals surface area contributed by atoms with Gasteiger partial charge in [0.25, 0.3) is 0 Å². The maximum Gasteiger partial charge on any atom is 0.246 e. The van der Waals surface area contributed by atoms with Crippen molar-refractivity contribution in [1.82, 2.24) is 19.4 Å². The Kier molecular flexibility index (Phi) is 7.57. The van der Waals surface area contributed by atoms with Gasteiger partial charge in [0.05, 0.1) is 4.90 Å². The molecule has 1 fully saturated rings. The van der Waals surface area contributed by atoms with Gasteiger partial charge in [0.1, 0.15) is 12.4 Å². The van der Waals surface area contributed by atoms with E-state index in [0.29, 0.717) is 18.5 Å². The Morgan fingerprint density at radius 3 is 2.49 bits per heavy atom. The summed E-state index contributed by atoms with van der Waals surface area (Å²) in [5, 5.41) is 9.72. The number of piperidine rings is 1. The summed E-state index contributed by atoms with van der Waals surface area (Å²) in [6.07, 6.45) is 4.10. The van der Waals surface area contributed by atoms with E-state index in [1.165, 1.54) is 21.1 Å². The third-order valence-electron chi connectivity index (χ3n) is 5.82. The number of nitrogens with zero attached hydrogens (tertiary/aromatic N) is 3. The summed E-state index contributed by atoms with van der Waals surface area (Å²) < 4.78 is 41.5. The van der Waals surface area contributed by atoms with E-state index in [0.717, 1.165) is 17.7 Å². The molecule has 35 heavy (non-hydrogen) atoms. The van der Waals surface area contributed by atoms with E-state index in [2.05, 4.69) is 15.7 Å². The molecule has 0 saturated carbocycles. The average molecular weight is 500 g/mol. The number of amides is 2. The lowest BCUT2D eigenvalue weighted by molar-refractivity contribution is -0.126. The summed E-state index contributed by atoms with van der Waals surface area (Å²) in [5.74, 6) is -1.15. The molecule has 1 aliphatic heterocycles. The molecule has 1 saturated heterocycles. The number of rotatable bonds is 8. The first-order valence-electron chi connectivity index (χ1n) is 11.2. The van der Waals surface area contributed by atoms with Gasteiger partial charge in [-0.3, -0.25) is 14.3 Å². The van der Waals surface area contributed by atoms with Crippen molar-refractivity contribution >= 4 is 27.5 Å². The van der Waals surface area contributed by atoms with Gasteiger partial charge in [0.15, 0.2) is 0 Å². The Balaban J connectivity index is 1.26. The lowest BCUT2D eigenvalue weighted by Crippen LogP contribution is -2.42. The molecule has 3 aromatic rings. The van der Waals surface area contributed by atoms with E-state index < -0.39 is 15.8 Å². The van der Waals surface area contributed by atoms with Gasteiger partial charge in [-0.15, -0.1) is 0 Å². The van der Waals surface area contributed by atoms with Crippen LogP contribution in [0.1, 0.15) is 18.4 Å². The van der Waals surface area contributed by atoms with Crippen LogP contribution in [-0.4, -0.2) is 47.4 Å². The smallest absolute Gasteiger partial charge is 0.246 e. The molecular weight excluding hydrogens is 473 g/mol. The minimum absolute atomic E-state index is 0.0402. The number of carbonyl (C=O) groups excluding carboxylic acids is 2. The van der Waals surface area contributed by atoms with Gasteiger partial charge < -0.3 is 10.6 Å². The first-order chi connectivity index (χ1) is 16.8. The van der Waals surface area contributed by atoms with Crippen molar-refractivity contribution in [3.05, 3.63) is 78.4 Å². The molecule has 1 aromatic heterocycles. The SMILES string of the molecule is O=C(Cn1cccn1)Nc1cccc(CNC(=O)C2CCN(S(=O)(=O)c3ccc(F)cc3)CC2)c1. The van der Waals surface area contributed by atoms with E-state index in [1.54, 1.807) is 36.7 Å². The van der Waals surface area contributed by atoms with Crippen LogP contribution in [0.15, 0.2) is 71.9 Å². The summed E-state index contributed by atoms with van der Waals surface area (Å²) in [7, 11) is -3.72. The standard InChI is InChI=1S/C24H26FN5O4S/c25-20-5-7-22(8-6-20)35(33,34)30-13-9-19(10-14-30)24(32)26-16-18-3-1-4-21(15-18)28-23(31)17-29-12-2-11-27-29/h1-8,11-12,15,19H,9-10,13-14,16-17H2,(H,26,32)(H,28,31). The Labute approximate surface area is 203 Å². The molecule has 2 N–H and O–H groups in total. The van der Waals surface area contributed by atoms with Crippen molar-refractivity contribution in [2.45, 2.75) is 30.8 Å². The van der Waals surface area contributed by atoms with Crippen LogP contribution >= 0.6 is 0 Å². The molecule has 2 heterocycles. The maximum atomic E-state index is 13.1.